The zero-order valence-corrected chi connectivity index (χ0v) is 19.3. The quantitative estimate of drug-likeness (QED) is 0.451. The van der Waals surface area contributed by atoms with Crippen molar-refractivity contribution in [1.29, 1.82) is 0 Å². The normalized spacial score (nSPS) is 16.5. The lowest BCUT2D eigenvalue weighted by molar-refractivity contribution is -0.0328. The van der Waals surface area contributed by atoms with Crippen molar-refractivity contribution < 1.29 is 23.0 Å². The monoisotopic (exact) mass is 503 g/mol. The Kier molecular flexibility index (Phi) is 7.36. The Morgan fingerprint density at radius 2 is 1.84 bits per heavy atom. The molecular weight excluding hydrogens is 483 g/mol. The molecule has 1 aliphatic heterocycles. The maximum absolute atomic E-state index is 12.4. The fourth-order valence-corrected chi connectivity index (χ4v) is 5.26. The lowest BCUT2D eigenvalue weighted by Gasteiger charge is -2.35. The van der Waals surface area contributed by atoms with Gasteiger partial charge in [0.15, 0.2) is 5.13 Å². The number of aliphatic hydroxyl groups is 1. The number of nitrogens with zero attached hydrogens (tertiary/aromatic N) is 3. The fourth-order valence-electron chi connectivity index (χ4n) is 3.42. The third-order valence-corrected chi connectivity index (χ3v) is 7.00. The van der Waals surface area contributed by atoms with Gasteiger partial charge in [0, 0.05) is 42.6 Å². The summed E-state index contributed by atoms with van der Waals surface area (Å²) in [6.45, 7) is 3.73. The summed E-state index contributed by atoms with van der Waals surface area (Å²) in [6.07, 6.45) is -0.699. The van der Waals surface area contributed by atoms with E-state index in [0.717, 1.165) is 41.5 Å². The van der Waals surface area contributed by atoms with Crippen molar-refractivity contribution in [1.82, 2.24) is 9.88 Å². The van der Waals surface area contributed by atoms with Crippen molar-refractivity contribution in [2.75, 3.05) is 44.2 Å². The molecule has 172 valence electrons. The van der Waals surface area contributed by atoms with Crippen LogP contribution in [0.15, 0.2) is 47.4 Å². The van der Waals surface area contributed by atoms with Gasteiger partial charge in [0.05, 0.1) is 10.2 Å². The second-order valence-electron chi connectivity index (χ2n) is 7.38. The number of fused-ring (bicyclic) bond motifs is 1. The lowest BCUT2D eigenvalue weighted by atomic mass is 10.2. The highest BCUT2D eigenvalue weighted by molar-refractivity contribution is 8.00. The molecule has 0 spiro atoms. The number of halogens is 4. The van der Waals surface area contributed by atoms with Crippen LogP contribution in [0.5, 0.6) is 5.75 Å². The first-order chi connectivity index (χ1) is 15.2. The molecule has 3 aromatic rings. The molecule has 1 aromatic heterocycles. The van der Waals surface area contributed by atoms with E-state index in [1.807, 2.05) is 18.2 Å². The molecule has 1 saturated heterocycles. The van der Waals surface area contributed by atoms with Crippen LogP contribution in [0.3, 0.4) is 0 Å². The first-order valence-electron chi connectivity index (χ1n) is 9.95. The van der Waals surface area contributed by atoms with Crippen molar-refractivity contribution in [2.45, 2.75) is 16.5 Å². The molecule has 1 N–H and O–H groups in total. The zero-order chi connectivity index (χ0) is 22.7. The van der Waals surface area contributed by atoms with E-state index >= 15 is 0 Å². The summed E-state index contributed by atoms with van der Waals surface area (Å²) in [7, 11) is 0. The molecule has 1 fully saturated rings. The fraction of sp³-hybridized carbons (Fsp3) is 0.381. The molecule has 2 aromatic carbocycles. The molecule has 2 heterocycles. The molecule has 0 radical (unpaired) electrons. The standard InChI is InChI=1S/C21H21ClF3N3O2S2/c22-14-1-6-18-19(11-14)31-20(26-18)28-9-7-27(8-10-28)12-15(29)13-30-16-2-4-17(5-3-16)32-21(23,24)25/h1-6,11,15,29H,7-10,12-13H2. The molecule has 11 heteroatoms. The van der Waals surface area contributed by atoms with Crippen LogP contribution in [0.25, 0.3) is 10.2 Å². The van der Waals surface area contributed by atoms with Gasteiger partial charge in [-0.15, -0.1) is 0 Å². The number of anilines is 1. The topological polar surface area (TPSA) is 48.8 Å². The van der Waals surface area contributed by atoms with Gasteiger partial charge < -0.3 is 14.7 Å². The van der Waals surface area contributed by atoms with E-state index in [1.165, 1.54) is 24.3 Å². The minimum absolute atomic E-state index is 0.0740. The van der Waals surface area contributed by atoms with Crippen LogP contribution in [0.4, 0.5) is 18.3 Å². The first-order valence-corrected chi connectivity index (χ1v) is 12.0. The minimum atomic E-state index is -4.32. The number of thiazole rings is 1. The highest BCUT2D eigenvalue weighted by atomic mass is 35.5. The van der Waals surface area contributed by atoms with Crippen molar-refractivity contribution in [2.24, 2.45) is 0 Å². The van der Waals surface area contributed by atoms with E-state index in [9.17, 15) is 18.3 Å². The van der Waals surface area contributed by atoms with Crippen molar-refractivity contribution in [3.05, 3.63) is 47.5 Å². The van der Waals surface area contributed by atoms with E-state index < -0.39 is 11.6 Å². The molecule has 1 aliphatic rings. The number of piperazine rings is 1. The molecule has 0 saturated carbocycles. The molecule has 0 aliphatic carbocycles. The van der Waals surface area contributed by atoms with Crippen LogP contribution < -0.4 is 9.64 Å². The molecule has 5 nitrogen and oxygen atoms in total. The SMILES string of the molecule is OC(COc1ccc(SC(F)(F)F)cc1)CN1CCN(c2nc3ccc(Cl)cc3s2)CC1. The lowest BCUT2D eigenvalue weighted by Crippen LogP contribution is -2.49. The second kappa shape index (κ2) is 10.0. The Morgan fingerprint density at radius 3 is 2.53 bits per heavy atom. The van der Waals surface area contributed by atoms with Gasteiger partial charge in [0.25, 0.3) is 0 Å². The summed E-state index contributed by atoms with van der Waals surface area (Å²) >= 11 is 7.51. The van der Waals surface area contributed by atoms with E-state index in [1.54, 1.807) is 11.3 Å². The van der Waals surface area contributed by atoms with Crippen LogP contribution in [0, 0.1) is 0 Å². The number of ether oxygens (including phenoxy) is 1. The molecule has 1 atom stereocenters. The van der Waals surface area contributed by atoms with E-state index in [2.05, 4.69) is 14.8 Å². The zero-order valence-electron chi connectivity index (χ0n) is 16.9. The Labute approximate surface area is 196 Å². The number of alkyl halides is 3. The highest BCUT2D eigenvalue weighted by Crippen LogP contribution is 2.37. The predicted octanol–water partition coefficient (Wildman–Crippen LogP) is 5.12. The molecule has 0 amide bonds. The van der Waals surface area contributed by atoms with E-state index in [-0.39, 0.29) is 23.3 Å². The smallest absolute Gasteiger partial charge is 0.446 e. The van der Waals surface area contributed by atoms with Crippen LogP contribution in [-0.4, -0.2) is 65.9 Å². The number of hydrogen-bond donors (Lipinski definition) is 1. The van der Waals surface area contributed by atoms with Gasteiger partial charge in [-0.1, -0.05) is 22.9 Å². The van der Waals surface area contributed by atoms with Gasteiger partial charge >= 0.3 is 5.51 Å². The number of thioether (sulfide) groups is 1. The van der Waals surface area contributed by atoms with Gasteiger partial charge in [0.1, 0.15) is 18.5 Å². The Morgan fingerprint density at radius 1 is 1.12 bits per heavy atom. The van der Waals surface area contributed by atoms with Crippen LogP contribution in [0.1, 0.15) is 0 Å². The van der Waals surface area contributed by atoms with Gasteiger partial charge in [-0.25, -0.2) is 4.98 Å². The van der Waals surface area contributed by atoms with Gasteiger partial charge in [-0.05, 0) is 54.2 Å². The van der Waals surface area contributed by atoms with Crippen LogP contribution >= 0.6 is 34.7 Å². The third kappa shape index (κ3) is 6.41. The van der Waals surface area contributed by atoms with E-state index in [4.69, 9.17) is 16.3 Å². The Hall–Kier alpha value is -1.72. The van der Waals surface area contributed by atoms with Crippen LogP contribution in [-0.2, 0) is 0 Å². The number of rotatable bonds is 7. The summed E-state index contributed by atoms with van der Waals surface area (Å²) in [6, 6.07) is 11.4. The predicted molar refractivity (Wildman–Crippen MR) is 123 cm³/mol. The molecule has 0 bridgehead atoms. The van der Waals surface area contributed by atoms with Gasteiger partial charge in [0.2, 0.25) is 0 Å². The number of aliphatic hydroxyl groups excluding tert-OH is 1. The molecular formula is C21H21ClF3N3O2S2. The summed E-state index contributed by atoms with van der Waals surface area (Å²) in [5, 5.41) is 12.0. The maximum Gasteiger partial charge on any atom is 0.446 e. The number of hydrogen-bond acceptors (Lipinski definition) is 7. The van der Waals surface area contributed by atoms with Gasteiger partial charge in [-0.3, -0.25) is 4.90 Å². The second-order valence-corrected chi connectivity index (χ2v) is 9.96. The first kappa shape index (κ1) is 23.4. The maximum atomic E-state index is 12.4. The minimum Gasteiger partial charge on any atom is -0.491 e. The Balaban J connectivity index is 1.21. The van der Waals surface area contributed by atoms with E-state index in [0.29, 0.717) is 17.3 Å². The largest absolute Gasteiger partial charge is 0.491 e. The number of aromatic nitrogens is 1. The third-order valence-electron chi connectivity index (χ3n) is 4.95. The van der Waals surface area contributed by atoms with Crippen LogP contribution in [0.2, 0.25) is 5.02 Å². The summed E-state index contributed by atoms with van der Waals surface area (Å²) in [5.41, 5.74) is -3.38. The molecule has 32 heavy (non-hydrogen) atoms. The number of benzene rings is 2. The van der Waals surface area contributed by atoms with Gasteiger partial charge in [-0.2, -0.15) is 13.2 Å². The van der Waals surface area contributed by atoms with Crippen molar-refractivity contribution >= 4 is 50.0 Å². The average molecular weight is 504 g/mol. The Bertz CT molecular complexity index is 1040. The van der Waals surface area contributed by atoms with Crippen molar-refractivity contribution in [3.63, 3.8) is 0 Å². The molecule has 1 unspecified atom stereocenters. The summed E-state index contributed by atoms with van der Waals surface area (Å²) < 4.78 is 43.8. The summed E-state index contributed by atoms with van der Waals surface area (Å²) in [4.78, 5) is 9.18. The average Bonchev–Trinajstić information content (AvgIpc) is 3.16. The summed E-state index contributed by atoms with van der Waals surface area (Å²) in [5.74, 6) is 0.427. The number of β-amino-alcohol motifs (C(OH)–C–C–N with tert-alkyl or cyclic N) is 1. The highest BCUT2D eigenvalue weighted by Gasteiger charge is 2.29. The van der Waals surface area contributed by atoms with Crippen molar-refractivity contribution in [3.8, 4) is 5.75 Å². The molecule has 4 rings (SSSR count).